The number of hydrogen-bond donors (Lipinski definition) is 0. The van der Waals surface area contributed by atoms with Crippen molar-refractivity contribution in [2.45, 2.75) is 51.9 Å². The van der Waals surface area contributed by atoms with E-state index in [2.05, 4.69) is 0 Å². The van der Waals surface area contributed by atoms with Gasteiger partial charge in [-0.3, -0.25) is 4.90 Å². The summed E-state index contributed by atoms with van der Waals surface area (Å²) in [4.78, 5) is 13.8. The molecule has 4 heteroatoms. The zero-order valence-corrected chi connectivity index (χ0v) is 11.4. The molecular formula is C13H23NO3. The van der Waals surface area contributed by atoms with E-state index in [1.165, 1.54) is 0 Å². The van der Waals surface area contributed by atoms with Gasteiger partial charge < -0.3 is 9.47 Å². The molecule has 17 heavy (non-hydrogen) atoms. The van der Waals surface area contributed by atoms with Crippen molar-refractivity contribution in [1.82, 2.24) is 4.90 Å². The number of hydrogen-bond acceptors (Lipinski definition) is 3. The van der Waals surface area contributed by atoms with Crippen LogP contribution >= 0.6 is 0 Å². The Morgan fingerprint density at radius 1 is 1.41 bits per heavy atom. The van der Waals surface area contributed by atoms with Crippen LogP contribution in [0.15, 0.2) is 12.2 Å². The summed E-state index contributed by atoms with van der Waals surface area (Å²) in [5.74, 6) is 0. The highest BCUT2D eigenvalue weighted by Crippen LogP contribution is 2.32. The third-order valence-corrected chi connectivity index (χ3v) is 2.77. The van der Waals surface area contributed by atoms with Crippen molar-refractivity contribution in [1.29, 1.82) is 0 Å². The van der Waals surface area contributed by atoms with Crippen LogP contribution in [0.2, 0.25) is 0 Å². The number of rotatable bonds is 2. The standard InChI is InChI=1S/C13H23NO3/c1-6-8-13(16-5)9-7-10-14(13)11(15)17-12(2,3)4/h6,8H,7,9-10H2,1-5H3/b8-6-. The van der Waals surface area contributed by atoms with Gasteiger partial charge in [0.25, 0.3) is 0 Å². The van der Waals surface area contributed by atoms with Crippen molar-refractivity contribution >= 4 is 6.09 Å². The van der Waals surface area contributed by atoms with Crippen LogP contribution < -0.4 is 0 Å². The number of nitrogens with zero attached hydrogens (tertiary/aromatic N) is 1. The molecule has 1 atom stereocenters. The molecule has 1 aliphatic rings. The highest BCUT2D eigenvalue weighted by atomic mass is 16.6. The molecule has 0 saturated carbocycles. The zero-order valence-electron chi connectivity index (χ0n) is 11.4. The average molecular weight is 241 g/mol. The number of carbonyl (C=O) groups is 1. The lowest BCUT2D eigenvalue weighted by Crippen LogP contribution is -2.49. The molecule has 1 unspecified atom stereocenters. The summed E-state index contributed by atoms with van der Waals surface area (Å²) in [6.45, 7) is 8.20. The number of methoxy groups -OCH3 is 1. The summed E-state index contributed by atoms with van der Waals surface area (Å²) >= 11 is 0. The van der Waals surface area contributed by atoms with Crippen LogP contribution in [0.1, 0.15) is 40.5 Å². The van der Waals surface area contributed by atoms with Gasteiger partial charge >= 0.3 is 6.09 Å². The molecule has 1 rings (SSSR count). The van der Waals surface area contributed by atoms with Crippen LogP contribution in [0, 0.1) is 0 Å². The Balaban J connectivity index is 2.85. The molecule has 1 heterocycles. The minimum atomic E-state index is -0.628. The second-order valence-electron chi connectivity index (χ2n) is 5.28. The van der Waals surface area contributed by atoms with Crippen molar-refractivity contribution in [2.75, 3.05) is 13.7 Å². The van der Waals surface area contributed by atoms with E-state index in [-0.39, 0.29) is 6.09 Å². The van der Waals surface area contributed by atoms with Crippen molar-refractivity contribution in [3.05, 3.63) is 12.2 Å². The van der Waals surface area contributed by atoms with E-state index in [1.54, 1.807) is 12.0 Å². The van der Waals surface area contributed by atoms with Gasteiger partial charge in [-0.25, -0.2) is 4.79 Å². The maximum absolute atomic E-state index is 12.1. The molecule has 0 aliphatic carbocycles. The molecule has 98 valence electrons. The fraction of sp³-hybridized carbons (Fsp3) is 0.769. The quantitative estimate of drug-likeness (QED) is 0.698. The van der Waals surface area contributed by atoms with E-state index in [4.69, 9.17) is 9.47 Å². The monoisotopic (exact) mass is 241 g/mol. The predicted octanol–water partition coefficient (Wildman–Crippen LogP) is 2.94. The van der Waals surface area contributed by atoms with Gasteiger partial charge in [0.15, 0.2) is 5.72 Å². The van der Waals surface area contributed by atoms with Crippen LogP contribution in [0.4, 0.5) is 4.79 Å². The molecule has 1 amide bonds. The summed E-state index contributed by atoms with van der Waals surface area (Å²) in [5.41, 5.74) is -1.10. The van der Waals surface area contributed by atoms with Gasteiger partial charge in [-0.2, -0.15) is 0 Å². The number of carbonyl (C=O) groups excluding carboxylic acids is 1. The van der Waals surface area contributed by atoms with E-state index in [0.29, 0.717) is 6.54 Å². The Hall–Kier alpha value is -1.03. The lowest BCUT2D eigenvalue weighted by atomic mass is 10.1. The number of likely N-dealkylation sites (tertiary alicyclic amines) is 1. The minimum Gasteiger partial charge on any atom is -0.444 e. The summed E-state index contributed by atoms with van der Waals surface area (Å²) in [5, 5.41) is 0. The van der Waals surface area contributed by atoms with Crippen LogP contribution in [0.3, 0.4) is 0 Å². The second kappa shape index (κ2) is 5.08. The molecule has 0 N–H and O–H groups in total. The van der Waals surface area contributed by atoms with Crippen molar-refractivity contribution in [3.8, 4) is 0 Å². The smallest absolute Gasteiger partial charge is 0.412 e. The van der Waals surface area contributed by atoms with E-state index >= 15 is 0 Å². The van der Waals surface area contributed by atoms with Crippen LogP contribution in [0.5, 0.6) is 0 Å². The van der Waals surface area contributed by atoms with Crippen molar-refractivity contribution < 1.29 is 14.3 Å². The van der Waals surface area contributed by atoms with E-state index in [0.717, 1.165) is 12.8 Å². The van der Waals surface area contributed by atoms with Gasteiger partial charge in [-0.1, -0.05) is 6.08 Å². The molecule has 1 saturated heterocycles. The molecule has 0 spiro atoms. The number of ether oxygens (including phenoxy) is 2. The molecular weight excluding hydrogens is 218 g/mol. The molecule has 0 aromatic carbocycles. The maximum atomic E-state index is 12.1. The fourth-order valence-electron chi connectivity index (χ4n) is 2.09. The van der Waals surface area contributed by atoms with Gasteiger partial charge in [0, 0.05) is 20.1 Å². The van der Waals surface area contributed by atoms with Crippen LogP contribution in [0.25, 0.3) is 0 Å². The first-order chi connectivity index (χ1) is 7.84. The lowest BCUT2D eigenvalue weighted by molar-refractivity contribution is -0.0775. The van der Waals surface area contributed by atoms with Crippen molar-refractivity contribution in [3.63, 3.8) is 0 Å². The first-order valence-corrected chi connectivity index (χ1v) is 6.04. The largest absolute Gasteiger partial charge is 0.444 e. The average Bonchev–Trinajstić information content (AvgIpc) is 2.60. The summed E-state index contributed by atoms with van der Waals surface area (Å²) in [6.07, 6.45) is 5.26. The first kappa shape index (κ1) is 14.0. The molecule has 0 radical (unpaired) electrons. The van der Waals surface area contributed by atoms with Gasteiger partial charge in [0.2, 0.25) is 0 Å². The van der Waals surface area contributed by atoms with Gasteiger partial charge in [0.05, 0.1) is 0 Å². The van der Waals surface area contributed by atoms with E-state index in [1.807, 2.05) is 39.8 Å². The third kappa shape index (κ3) is 3.22. The summed E-state index contributed by atoms with van der Waals surface area (Å²) in [6, 6.07) is 0. The zero-order chi connectivity index (χ0) is 13.1. The molecule has 1 fully saturated rings. The third-order valence-electron chi connectivity index (χ3n) is 2.77. The Morgan fingerprint density at radius 3 is 2.53 bits per heavy atom. The highest BCUT2D eigenvalue weighted by molar-refractivity contribution is 5.69. The molecule has 0 bridgehead atoms. The number of allylic oxidation sites excluding steroid dienone is 1. The van der Waals surface area contributed by atoms with Crippen LogP contribution in [-0.4, -0.2) is 36.0 Å². The van der Waals surface area contributed by atoms with E-state index < -0.39 is 11.3 Å². The molecule has 0 aromatic rings. The molecule has 0 aromatic heterocycles. The Labute approximate surface area is 104 Å². The van der Waals surface area contributed by atoms with Gasteiger partial charge in [-0.15, -0.1) is 0 Å². The fourth-order valence-corrected chi connectivity index (χ4v) is 2.09. The molecule has 4 nitrogen and oxygen atoms in total. The Kier molecular flexibility index (Phi) is 4.20. The maximum Gasteiger partial charge on any atom is 0.412 e. The topological polar surface area (TPSA) is 38.8 Å². The Morgan fingerprint density at radius 2 is 2.06 bits per heavy atom. The summed E-state index contributed by atoms with van der Waals surface area (Å²) in [7, 11) is 1.63. The minimum absolute atomic E-state index is 0.310. The first-order valence-electron chi connectivity index (χ1n) is 6.04. The highest BCUT2D eigenvalue weighted by Gasteiger charge is 2.43. The van der Waals surface area contributed by atoms with Gasteiger partial charge in [-0.05, 0) is 40.2 Å². The van der Waals surface area contributed by atoms with Crippen molar-refractivity contribution in [2.24, 2.45) is 0 Å². The van der Waals surface area contributed by atoms with Gasteiger partial charge in [0.1, 0.15) is 5.60 Å². The normalized spacial score (nSPS) is 25.6. The number of amides is 1. The summed E-state index contributed by atoms with van der Waals surface area (Å²) < 4.78 is 10.9. The van der Waals surface area contributed by atoms with E-state index in [9.17, 15) is 4.79 Å². The lowest BCUT2D eigenvalue weighted by Gasteiger charge is -2.35. The molecule has 1 aliphatic heterocycles. The predicted molar refractivity (Wildman–Crippen MR) is 66.7 cm³/mol. The second-order valence-corrected chi connectivity index (χ2v) is 5.28. The Bertz CT molecular complexity index is 306. The van der Waals surface area contributed by atoms with Crippen LogP contribution in [-0.2, 0) is 9.47 Å². The SMILES string of the molecule is C/C=C\C1(OC)CCCN1C(=O)OC(C)(C)C.